The molecule has 0 radical (unpaired) electrons. The quantitative estimate of drug-likeness (QED) is 0.689. The van der Waals surface area contributed by atoms with Crippen LogP contribution in [0.5, 0.6) is 5.75 Å². The van der Waals surface area contributed by atoms with Crippen molar-refractivity contribution in [3.05, 3.63) is 58.8 Å². The SMILES string of the molecule is COc1cccc(-c2cc(C(=O)NCCc3nc(C)c4c(n3)CCC4)[nH]n2)c1. The Labute approximate surface area is 163 Å². The van der Waals surface area contributed by atoms with E-state index >= 15 is 0 Å². The first-order valence-electron chi connectivity index (χ1n) is 9.47. The molecule has 7 nitrogen and oxygen atoms in total. The largest absolute Gasteiger partial charge is 0.497 e. The van der Waals surface area contributed by atoms with E-state index in [1.807, 2.05) is 31.2 Å². The van der Waals surface area contributed by atoms with Gasteiger partial charge in [0.1, 0.15) is 17.3 Å². The summed E-state index contributed by atoms with van der Waals surface area (Å²) in [6.07, 6.45) is 3.87. The minimum absolute atomic E-state index is 0.195. The van der Waals surface area contributed by atoms with Gasteiger partial charge in [0.25, 0.3) is 5.91 Å². The van der Waals surface area contributed by atoms with Crippen molar-refractivity contribution in [2.45, 2.75) is 32.6 Å². The van der Waals surface area contributed by atoms with Crippen molar-refractivity contribution in [2.24, 2.45) is 0 Å². The highest BCUT2D eigenvalue weighted by molar-refractivity contribution is 5.93. The van der Waals surface area contributed by atoms with E-state index in [0.29, 0.717) is 24.4 Å². The summed E-state index contributed by atoms with van der Waals surface area (Å²) in [6.45, 7) is 2.52. The van der Waals surface area contributed by atoms with E-state index in [1.54, 1.807) is 13.2 Å². The number of carbonyl (C=O) groups excluding carboxylic acids is 1. The highest BCUT2D eigenvalue weighted by Gasteiger charge is 2.17. The molecule has 0 aliphatic heterocycles. The number of aromatic nitrogens is 4. The monoisotopic (exact) mass is 377 g/mol. The molecule has 0 atom stereocenters. The molecule has 0 saturated carbocycles. The molecule has 1 aliphatic rings. The second kappa shape index (κ2) is 7.80. The van der Waals surface area contributed by atoms with Crippen molar-refractivity contribution in [3.63, 3.8) is 0 Å². The van der Waals surface area contributed by atoms with Crippen LogP contribution in [0.2, 0.25) is 0 Å². The van der Waals surface area contributed by atoms with Crippen LogP contribution in [0.15, 0.2) is 30.3 Å². The van der Waals surface area contributed by atoms with Crippen LogP contribution in [0.25, 0.3) is 11.3 Å². The van der Waals surface area contributed by atoms with Crippen molar-refractivity contribution in [2.75, 3.05) is 13.7 Å². The van der Waals surface area contributed by atoms with Crippen LogP contribution >= 0.6 is 0 Å². The molecule has 1 aliphatic carbocycles. The van der Waals surface area contributed by atoms with E-state index in [-0.39, 0.29) is 5.91 Å². The number of fused-ring (bicyclic) bond motifs is 1. The molecular formula is C21H23N5O2. The summed E-state index contributed by atoms with van der Waals surface area (Å²) in [4.78, 5) is 21.6. The molecule has 7 heteroatoms. The van der Waals surface area contributed by atoms with Crippen molar-refractivity contribution >= 4 is 5.91 Å². The Morgan fingerprint density at radius 2 is 2.14 bits per heavy atom. The number of nitrogens with zero attached hydrogens (tertiary/aromatic N) is 3. The number of ether oxygens (including phenoxy) is 1. The van der Waals surface area contributed by atoms with Crippen LogP contribution in [0.3, 0.4) is 0 Å². The average molecular weight is 377 g/mol. The fraction of sp³-hybridized carbons (Fsp3) is 0.333. The number of carbonyl (C=O) groups is 1. The van der Waals surface area contributed by atoms with Gasteiger partial charge in [0.05, 0.1) is 12.8 Å². The molecule has 2 aromatic heterocycles. The Morgan fingerprint density at radius 1 is 1.25 bits per heavy atom. The molecule has 0 fully saturated rings. The lowest BCUT2D eigenvalue weighted by atomic mass is 10.1. The molecule has 0 unspecified atom stereocenters. The average Bonchev–Trinajstić information content (AvgIpc) is 3.38. The maximum atomic E-state index is 12.4. The van der Waals surface area contributed by atoms with Gasteiger partial charge in [0, 0.05) is 29.9 Å². The number of rotatable bonds is 6. The normalized spacial score (nSPS) is 12.6. The lowest BCUT2D eigenvalue weighted by molar-refractivity contribution is 0.0949. The Morgan fingerprint density at radius 3 is 3.00 bits per heavy atom. The molecule has 4 rings (SSSR count). The minimum Gasteiger partial charge on any atom is -0.497 e. The van der Waals surface area contributed by atoms with Crippen molar-refractivity contribution in [1.82, 2.24) is 25.5 Å². The Hall–Kier alpha value is -3.22. The number of hydrogen-bond donors (Lipinski definition) is 2. The third-order valence-electron chi connectivity index (χ3n) is 5.01. The highest BCUT2D eigenvalue weighted by Crippen LogP contribution is 2.23. The summed E-state index contributed by atoms with van der Waals surface area (Å²) in [7, 11) is 1.62. The highest BCUT2D eigenvalue weighted by atomic mass is 16.5. The molecule has 0 bridgehead atoms. The number of benzene rings is 1. The van der Waals surface area contributed by atoms with E-state index < -0.39 is 0 Å². The predicted molar refractivity (Wildman–Crippen MR) is 105 cm³/mol. The van der Waals surface area contributed by atoms with Gasteiger partial charge < -0.3 is 10.1 Å². The van der Waals surface area contributed by atoms with E-state index in [9.17, 15) is 4.79 Å². The molecule has 1 amide bonds. The van der Waals surface area contributed by atoms with Crippen LogP contribution in [0.1, 0.15) is 39.7 Å². The van der Waals surface area contributed by atoms with Gasteiger partial charge >= 0.3 is 0 Å². The second-order valence-corrected chi connectivity index (χ2v) is 6.91. The van der Waals surface area contributed by atoms with Crippen LogP contribution in [-0.4, -0.2) is 39.7 Å². The lowest BCUT2D eigenvalue weighted by Gasteiger charge is -2.07. The fourth-order valence-electron chi connectivity index (χ4n) is 3.55. The molecule has 1 aromatic carbocycles. The third-order valence-corrected chi connectivity index (χ3v) is 5.01. The molecule has 144 valence electrons. The molecule has 28 heavy (non-hydrogen) atoms. The standard InChI is InChI=1S/C21H23N5O2/c1-13-16-7-4-8-17(16)24-20(23-13)9-10-22-21(27)19-12-18(25-26-19)14-5-3-6-15(11-14)28-2/h3,5-6,11-12H,4,7-10H2,1-2H3,(H,22,27)(H,25,26). The fourth-order valence-corrected chi connectivity index (χ4v) is 3.55. The van der Waals surface area contributed by atoms with Gasteiger partial charge in [0.2, 0.25) is 0 Å². The zero-order valence-electron chi connectivity index (χ0n) is 16.1. The zero-order valence-corrected chi connectivity index (χ0v) is 16.1. The molecule has 0 spiro atoms. The van der Waals surface area contributed by atoms with Crippen LogP contribution in [0.4, 0.5) is 0 Å². The smallest absolute Gasteiger partial charge is 0.269 e. The van der Waals surface area contributed by atoms with E-state index in [4.69, 9.17) is 4.74 Å². The van der Waals surface area contributed by atoms with Crippen LogP contribution in [0, 0.1) is 6.92 Å². The van der Waals surface area contributed by atoms with Crippen molar-refractivity contribution in [3.8, 4) is 17.0 Å². The van der Waals surface area contributed by atoms with E-state index in [0.717, 1.165) is 42.1 Å². The maximum absolute atomic E-state index is 12.4. The number of nitrogens with one attached hydrogen (secondary N) is 2. The van der Waals surface area contributed by atoms with Gasteiger partial charge in [0.15, 0.2) is 0 Å². The summed E-state index contributed by atoms with van der Waals surface area (Å²) < 4.78 is 5.23. The first-order chi connectivity index (χ1) is 13.6. The Bertz CT molecular complexity index is 1010. The third kappa shape index (κ3) is 3.74. The molecule has 2 N–H and O–H groups in total. The van der Waals surface area contributed by atoms with Gasteiger partial charge in [-0.25, -0.2) is 9.97 Å². The van der Waals surface area contributed by atoms with Crippen LogP contribution < -0.4 is 10.1 Å². The van der Waals surface area contributed by atoms with Gasteiger partial charge in [-0.2, -0.15) is 5.10 Å². The molecule has 0 saturated heterocycles. The summed E-state index contributed by atoms with van der Waals surface area (Å²) in [6, 6.07) is 9.30. The number of hydrogen-bond acceptors (Lipinski definition) is 5. The maximum Gasteiger partial charge on any atom is 0.269 e. The number of aromatic amines is 1. The van der Waals surface area contributed by atoms with E-state index in [2.05, 4.69) is 25.5 Å². The summed E-state index contributed by atoms with van der Waals surface area (Å²) in [5.41, 5.74) is 5.54. The summed E-state index contributed by atoms with van der Waals surface area (Å²) >= 11 is 0. The first-order valence-corrected chi connectivity index (χ1v) is 9.47. The van der Waals surface area contributed by atoms with Crippen LogP contribution in [-0.2, 0) is 19.3 Å². The Balaban J connectivity index is 1.37. The van der Waals surface area contributed by atoms with E-state index in [1.165, 1.54) is 11.3 Å². The van der Waals surface area contributed by atoms with Crippen molar-refractivity contribution in [1.29, 1.82) is 0 Å². The van der Waals surface area contributed by atoms with Gasteiger partial charge in [-0.15, -0.1) is 0 Å². The molecular weight excluding hydrogens is 354 g/mol. The first kappa shape index (κ1) is 18.2. The topological polar surface area (TPSA) is 92.8 Å². The van der Waals surface area contributed by atoms with Crippen molar-refractivity contribution < 1.29 is 9.53 Å². The predicted octanol–water partition coefficient (Wildman–Crippen LogP) is 2.64. The van der Waals surface area contributed by atoms with Gasteiger partial charge in [-0.3, -0.25) is 9.89 Å². The Kier molecular flexibility index (Phi) is 5.06. The number of amides is 1. The van der Waals surface area contributed by atoms with Gasteiger partial charge in [-0.1, -0.05) is 12.1 Å². The summed E-state index contributed by atoms with van der Waals surface area (Å²) in [5, 5.41) is 9.94. The molecule has 3 aromatic rings. The minimum atomic E-state index is -0.195. The van der Waals surface area contributed by atoms with Gasteiger partial charge in [-0.05, 0) is 49.9 Å². The zero-order chi connectivity index (χ0) is 19.5. The number of H-pyrrole nitrogens is 1. The number of methoxy groups -OCH3 is 1. The summed E-state index contributed by atoms with van der Waals surface area (Å²) in [5.74, 6) is 1.34. The number of aryl methyl sites for hydroxylation is 2. The lowest BCUT2D eigenvalue weighted by Crippen LogP contribution is -2.26. The second-order valence-electron chi connectivity index (χ2n) is 6.91. The molecule has 2 heterocycles.